The molecule has 0 saturated heterocycles. The number of thioether (sulfide) groups is 1. The Morgan fingerprint density at radius 1 is 1.21 bits per heavy atom. The van der Waals surface area contributed by atoms with Crippen LogP contribution in [0.1, 0.15) is 11.1 Å². The highest BCUT2D eigenvalue weighted by atomic mass is 32.2. The van der Waals surface area contributed by atoms with Crippen LogP contribution in [0.2, 0.25) is 0 Å². The number of nitrogens with two attached hydrogens (primary N) is 1. The van der Waals surface area contributed by atoms with Crippen LogP contribution in [0.3, 0.4) is 0 Å². The van der Waals surface area contributed by atoms with E-state index in [1.807, 2.05) is 42.7 Å². The van der Waals surface area contributed by atoms with Gasteiger partial charge in [-0.1, -0.05) is 30.3 Å². The van der Waals surface area contributed by atoms with E-state index in [1.165, 1.54) is 5.56 Å². The summed E-state index contributed by atoms with van der Waals surface area (Å²) in [6.07, 6.45) is 2.25. The summed E-state index contributed by atoms with van der Waals surface area (Å²) in [5, 5.41) is 2.09. The van der Waals surface area contributed by atoms with Crippen LogP contribution < -0.4 is 10.5 Å². The number of methoxy groups -OCH3 is 1. The summed E-state index contributed by atoms with van der Waals surface area (Å²) in [6.45, 7) is 0.749. The Bertz CT molecular complexity index is 872. The van der Waals surface area contributed by atoms with E-state index in [0.717, 1.165) is 33.8 Å². The first kappa shape index (κ1) is 16.5. The first-order valence-electron chi connectivity index (χ1n) is 7.69. The first-order chi connectivity index (χ1) is 11.6. The maximum atomic E-state index is 11.6. The van der Waals surface area contributed by atoms with Crippen molar-refractivity contribution in [3.8, 4) is 5.75 Å². The first-order valence-corrected chi connectivity index (χ1v) is 8.92. The number of carbonyl (C=O) groups excluding carboxylic acids is 1. The van der Waals surface area contributed by atoms with Crippen molar-refractivity contribution in [1.29, 1.82) is 0 Å². The van der Waals surface area contributed by atoms with Crippen molar-refractivity contribution in [1.82, 2.24) is 4.57 Å². The molecule has 1 heterocycles. The van der Waals surface area contributed by atoms with Crippen LogP contribution in [0.4, 0.5) is 0 Å². The highest BCUT2D eigenvalue weighted by molar-refractivity contribution is 7.98. The van der Waals surface area contributed by atoms with E-state index in [1.54, 1.807) is 18.9 Å². The molecule has 0 radical (unpaired) electrons. The van der Waals surface area contributed by atoms with Gasteiger partial charge in [0.2, 0.25) is 5.91 Å². The van der Waals surface area contributed by atoms with E-state index in [-0.39, 0.29) is 12.3 Å². The smallest absolute Gasteiger partial charge is 0.221 e. The zero-order chi connectivity index (χ0) is 17.1. The molecule has 0 aliphatic carbocycles. The third-order valence-electron chi connectivity index (χ3n) is 4.05. The lowest BCUT2D eigenvalue weighted by Crippen LogP contribution is -2.14. The molecule has 24 heavy (non-hydrogen) atoms. The molecule has 0 saturated carbocycles. The third-order valence-corrected chi connectivity index (χ3v) is 4.90. The molecule has 0 fully saturated rings. The normalized spacial score (nSPS) is 10.9. The van der Waals surface area contributed by atoms with E-state index in [2.05, 4.69) is 16.7 Å². The molecule has 3 aromatic rings. The second-order valence-electron chi connectivity index (χ2n) is 5.59. The van der Waals surface area contributed by atoms with Gasteiger partial charge >= 0.3 is 0 Å². The Balaban J connectivity index is 2.21. The van der Waals surface area contributed by atoms with Crippen molar-refractivity contribution in [2.24, 2.45) is 5.73 Å². The second-order valence-corrected chi connectivity index (χ2v) is 6.38. The fraction of sp³-hybridized carbons (Fsp3) is 0.211. The summed E-state index contributed by atoms with van der Waals surface area (Å²) < 4.78 is 7.59. The zero-order valence-electron chi connectivity index (χ0n) is 13.8. The summed E-state index contributed by atoms with van der Waals surface area (Å²) >= 11 is 1.64. The average Bonchev–Trinajstić information content (AvgIpc) is 2.87. The fourth-order valence-corrected chi connectivity index (χ4v) is 3.82. The quantitative estimate of drug-likeness (QED) is 0.699. The molecule has 2 N–H and O–H groups in total. The number of carbonyl (C=O) groups is 1. The monoisotopic (exact) mass is 340 g/mol. The minimum absolute atomic E-state index is 0.224. The summed E-state index contributed by atoms with van der Waals surface area (Å²) in [7, 11) is 1.64. The van der Waals surface area contributed by atoms with Crippen molar-refractivity contribution in [3.63, 3.8) is 0 Å². The highest BCUT2D eigenvalue weighted by Gasteiger charge is 2.19. The minimum Gasteiger partial charge on any atom is -0.497 e. The molecule has 124 valence electrons. The van der Waals surface area contributed by atoms with Crippen molar-refractivity contribution < 1.29 is 9.53 Å². The standard InChI is InChI=1S/C19H20N2O2S/c1-23-14-8-9-17-15(10-14)16(11-18(20)22)19(24-2)21(17)12-13-6-4-3-5-7-13/h3-10H,11-12H2,1-2H3,(H2,20,22). The largest absolute Gasteiger partial charge is 0.497 e. The molecule has 0 unspecified atom stereocenters. The van der Waals surface area contributed by atoms with Gasteiger partial charge in [0.05, 0.1) is 18.6 Å². The topological polar surface area (TPSA) is 57.2 Å². The molecule has 5 heteroatoms. The molecular weight excluding hydrogens is 320 g/mol. The Kier molecular flexibility index (Phi) is 4.81. The molecule has 3 rings (SSSR count). The van der Waals surface area contributed by atoms with Crippen LogP contribution in [0.25, 0.3) is 10.9 Å². The van der Waals surface area contributed by atoms with E-state index < -0.39 is 0 Å². The second kappa shape index (κ2) is 7.01. The molecule has 0 bridgehead atoms. The minimum atomic E-state index is -0.327. The van der Waals surface area contributed by atoms with Gasteiger partial charge in [0, 0.05) is 23.0 Å². The average molecular weight is 340 g/mol. The maximum absolute atomic E-state index is 11.6. The van der Waals surface area contributed by atoms with Gasteiger partial charge in [0.25, 0.3) is 0 Å². The summed E-state index contributed by atoms with van der Waals surface area (Å²) in [5.41, 5.74) is 8.75. The van der Waals surface area contributed by atoms with Gasteiger partial charge in [-0.25, -0.2) is 0 Å². The number of hydrogen-bond acceptors (Lipinski definition) is 3. The molecule has 1 aromatic heterocycles. The van der Waals surface area contributed by atoms with Crippen LogP contribution in [0.5, 0.6) is 5.75 Å². The number of amides is 1. The lowest BCUT2D eigenvalue weighted by atomic mass is 10.1. The summed E-state index contributed by atoms with van der Waals surface area (Å²) in [6, 6.07) is 16.3. The van der Waals surface area contributed by atoms with Gasteiger partial charge in [-0.2, -0.15) is 0 Å². The molecule has 2 aromatic carbocycles. The Morgan fingerprint density at radius 2 is 1.96 bits per heavy atom. The van der Waals surface area contributed by atoms with Crippen LogP contribution >= 0.6 is 11.8 Å². The lowest BCUT2D eigenvalue weighted by Gasteiger charge is -2.10. The van der Waals surface area contributed by atoms with Crippen LogP contribution in [-0.4, -0.2) is 23.8 Å². The third kappa shape index (κ3) is 3.12. The number of benzene rings is 2. The predicted octanol–water partition coefficient (Wildman–Crippen LogP) is 3.45. The number of fused-ring (bicyclic) bond motifs is 1. The number of ether oxygens (including phenoxy) is 1. The number of rotatable bonds is 6. The van der Waals surface area contributed by atoms with E-state index in [0.29, 0.717) is 0 Å². The molecular formula is C19H20N2O2S. The van der Waals surface area contributed by atoms with Gasteiger partial charge in [-0.15, -0.1) is 11.8 Å². The molecule has 0 aliphatic rings. The summed E-state index contributed by atoms with van der Waals surface area (Å²) in [4.78, 5) is 11.6. The molecule has 4 nitrogen and oxygen atoms in total. The van der Waals surface area contributed by atoms with Crippen molar-refractivity contribution in [3.05, 3.63) is 59.7 Å². The van der Waals surface area contributed by atoms with Gasteiger partial charge in [-0.05, 0) is 30.0 Å². The van der Waals surface area contributed by atoms with E-state index in [9.17, 15) is 4.79 Å². The molecule has 0 spiro atoms. The maximum Gasteiger partial charge on any atom is 0.221 e. The molecule has 1 amide bonds. The Labute approximate surface area is 145 Å². The van der Waals surface area contributed by atoms with Crippen molar-refractivity contribution in [2.45, 2.75) is 18.0 Å². The van der Waals surface area contributed by atoms with E-state index >= 15 is 0 Å². The van der Waals surface area contributed by atoms with Crippen molar-refractivity contribution in [2.75, 3.05) is 13.4 Å². The van der Waals surface area contributed by atoms with Crippen LogP contribution in [0.15, 0.2) is 53.6 Å². The van der Waals surface area contributed by atoms with E-state index in [4.69, 9.17) is 10.5 Å². The van der Waals surface area contributed by atoms with Crippen LogP contribution in [0, 0.1) is 0 Å². The lowest BCUT2D eigenvalue weighted by molar-refractivity contribution is -0.117. The number of primary amides is 1. The van der Waals surface area contributed by atoms with Gasteiger partial charge in [-0.3, -0.25) is 4.79 Å². The molecule has 0 aliphatic heterocycles. The van der Waals surface area contributed by atoms with Crippen molar-refractivity contribution >= 4 is 28.6 Å². The zero-order valence-corrected chi connectivity index (χ0v) is 14.6. The number of hydrogen-bond donors (Lipinski definition) is 1. The highest BCUT2D eigenvalue weighted by Crippen LogP contribution is 2.35. The van der Waals surface area contributed by atoms with Crippen LogP contribution in [-0.2, 0) is 17.8 Å². The van der Waals surface area contributed by atoms with Gasteiger partial charge in [0.1, 0.15) is 5.75 Å². The Hall–Kier alpha value is -2.40. The fourth-order valence-electron chi connectivity index (χ4n) is 3.01. The number of nitrogens with zero attached hydrogens (tertiary/aromatic N) is 1. The molecule has 0 atom stereocenters. The van der Waals surface area contributed by atoms with Gasteiger partial charge in [0.15, 0.2) is 0 Å². The Morgan fingerprint density at radius 3 is 2.58 bits per heavy atom. The predicted molar refractivity (Wildman–Crippen MR) is 98.7 cm³/mol. The SMILES string of the molecule is COc1ccc2c(c1)c(CC(N)=O)c(SC)n2Cc1ccccc1. The van der Waals surface area contributed by atoms with Gasteiger partial charge < -0.3 is 15.0 Å². The number of aromatic nitrogens is 1. The summed E-state index contributed by atoms with van der Waals surface area (Å²) in [5.74, 6) is 0.449.